The van der Waals surface area contributed by atoms with E-state index in [1.165, 1.54) is 5.69 Å². The van der Waals surface area contributed by atoms with Crippen molar-refractivity contribution in [1.82, 2.24) is 14.8 Å². The first-order valence-corrected chi connectivity index (χ1v) is 8.71. The van der Waals surface area contributed by atoms with Gasteiger partial charge < -0.3 is 4.90 Å². The van der Waals surface area contributed by atoms with Crippen LogP contribution in [0.5, 0.6) is 0 Å². The van der Waals surface area contributed by atoms with Crippen LogP contribution in [0, 0.1) is 0 Å². The zero-order valence-corrected chi connectivity index (χ0v) is 14.1. The van der Waals surface area contributed by atoms with Gasteiger partial charge in [0.1, 0.15) is 0 Å². The fourth-order valence-electron chi connectivity index (χ4n) is 2.48. The predicted molar refractivity (Wildman–Crippen MR) is 92.8 cm³/mol. The van der Waals surface area contributed by atoms with Crippen LogP contribution < -0.4 is 4.90 Å². The van der Waals surface area contributed by atoms with Crippen LogP contribution in [0.25, 0.3) is 11.4 Å². The molecule has 4 nitrogen and oxygen atoms in total. The van der Waals surface area contributed by atoms with E-state index in [0.29, 0.717) is 0 Å². The van der Waals surface area contributed by atoms with Crippen LogP contribution in [0.2, 0.25) is 0 Å². The highest BCUT2D eigenvalue weighted by atomic mass is 79.9. The van der Waals surface area contributed by atoms with E-state index in [-0.39, 0.29) is 0 Å². The van der Waals surface area contributed by atoms with Crippen LogP contribution in [0.4, 0.5) is 5.69 Å². The van der Waals surface area contributed by atoms with Gasteiger partial charge in [0.15, 0.2) is 11.0 Å². The molecule has 0 spiro atoms. The maximum Gasteiger partial charge on any atom is 0.194 e. The molecule has 0 bridgehead atoms. The summed E-state index contributed by atoms with van der Waals surface area (Å²) in [4.78, 5) is 2.32. The van der Waals surface area contributed by atoms with Crippen LogP contribution >= 0.6 is 27.7 Å². The first-order valence-electron chi connectivity index (χ1n) is 6.93. The summed E-state index contributed by atoms with van der Waals surface area (Å²) < 4.78 is 3.27. The minimum atomic E-state index is 0.765. The third kappa shape index (κ3) is 2.53. The summed E-state index contributed by atoms with van der Waals surface area (Å²) in [6.07, 6.45) is 0. The lowest BCUT2D eigenvalue weighted by Gasteiger charge is -2.29. The molecule has 0 aliphatic carbocycles. The van der Waals surface area contributed by atoms with Gasteiger partial charge in [-0.2, -0.15) is 0 Å². The number of anilines is 1. The molecule has 0 fully saturated rings. The Morgan fingerprint density at radius 3 is 2.50 bits per heavy atom. The minimum absolute atomic E-state index is 0.765. The van der Waals surface area contributed by atoms with Crippen LogP contribution in [-0.4, -0.2) is 20.6 Å². The lowest BCUT2D eigenvalue weighted by molar-refractivity contribution is 0.608. The molecule has 0 N–H and O–H groups in total. The number of fused-ring (bicyclic) bond motifs is 1. The Morgan fingerprint density at radius 2 is 1.73 bits per heavy atom. The first-order chi connectivity index (χ1) is 10.8. The number of aromatic nitrogens is 3. The fourth-order valence-corrected chi connectivity index (χ4v) is 3.64. The monoisotopic (exact) mass is 372 g/mol. The molecule has 2 heterocycles. The highest BCUT2D eigenvalue weighted by Crippen LogP contribution is 2.31. The summed E-state index contributed by atoms with van der Waals surface area (Å²) in [5, 5.41) is 9.66. The molecule has 2 aromatic carbocycles. The molecule has 0 saturated carbocycles. The van der Waals surface area contributed by atoms with Gasteiger partial charge in [-0.05, 0) is 24.3 Å². The molecule has 22 heavy (non-hydrogen) atoms. The van der Waals surface area contributed by atoms with Crippen molar-refractivity contribution in [3.05, 3.63) is 59.1 Å². The first kappa shape index (κ1) is 13.8. The molecular weight excluding hydrogens is 360 g/mol. The summed E-state index contributed by atoms with van der Waals surface area (Å²) in [5.74, 6) is 1.80. The summed E-state index contributed by atoms with van der Waals surface area (Å²) in [5.41, 5.74) is 2.30. The Labute approximate surface area is 141 Å². The molecule has 0 atom stereocenters. The lowest BCUT2D eigenvalue weighted by Crippen LogP contribution is -2.30. The fraction of sp³-hybridized carbons (Fsp3) is 0.125. The molecule has 0 radical (unpaired) electrons. The van der Waals surface area contributed by atoms with Crippen molar-refractivity contribution in [3.8, 4) is 11.4 Å². The van der Waals surface area contributed by atoms with Crippen LogP contribution in [0.1, 0.15) is 0 Å². The molecule has 1 aliphatic rings. The standard InChI is InChI=1S/C16H13BrN4S/c17-13-6-8-14(9-7-13)20-10-21-15(12-4-2-1-3-5-12)18-19-16(21)22-11-20/h1-9H,10-11H2. The van der Waals surface area contributed by atoms with E-state index >= 15 is 0 Å². The summed E-state index contributed by atoms with van der Waals surface area (Å²) in [6.45, 7) is 0.765. The number of hydrogen-bond donors (Lipinski definition) is 0. The van der Waals surface area contributed by atoms with E-state index in [4.69, 9.17) is 0 Å². The number of hydrogen-bond acceptors (Lipinski definition) is 4. The molecule has 3 aromatic rings. The summed E-state index contributed by atoms with van der Waals surface area (Å²) >= 11 is 5.20. The average Bonchev–Trinajstić information content (AvgIpc) is 2.99. The zero-order valence-electron chi connectivity index (χ0n) is 11.7. The number of halogens is 1. The second kappa shape index (κ2) is 5.78. The van der Waals surface area contributed by atoms with Gasteiger partial charge in [0.2, 0.25) is 0 Å². The molecule has 1 aromatic heterocycles. The predicted octanol–water partition coefficient (Wildman–Crippen LogP) is 4.23. The van der Waals surface area contributed by atoms with E-state index in [0.717, 1.165) is 33.6 Å². The lowest BCUT2D eigenvalue weighted by atomic mass is 10.2. The summed E-state index contributed by atoms with van der Waals surface area (Å²) in [6, 6.07) is 18.6. The van der Waals surface area contributed by atoms with E-state index in [1.807, 2.05) is 18.2 Å². The van der Waals surface area contributed by atoms with Crippen molar-refractivity contribution in [2.45, 2.75) is 11.8 Å². The highest BCUT2D eigenvalue weighted by Gasteiger charge is 2.22. The quantitative estimate of drug-likeness (QED) is 0.673. The molecule has 110 valence electrons. The van der Waals surface area contributed by atoms with Crippen molar-refractivity contribution >= 4 is 33.4 Å². The van der Waals surface area contributed by atoms with Gasteiger partial charge in [-0.3, -0.25) is 4.57 Å². The third-order valence-corrected chi connectivity index (χ3v) is 5.13. The van der Waals surface area contributed by atoms with E-state index in [9.17, 15) is 0 Å². The van der Waals surface area contributed by atoms with Gasteiger partial charge in [-0.1, -0.05) is 58.0 Å². The smallest absolute Gasteiger partial charge is 0.194 e. The normalized spacial score (nSPS) is 14.0. The second-order valence-corrected chi connectivity index (χ2v) is 6.86. The highest BCUT2D eigenvalue weighted by molar-refractivity contribution is 9.10. The van der Waals surface area contributed by atoms with Crippen molar-refractivity contribution in [2.24, 2.45) is 0 Å². The Bertz CT molecular complexity index is 786. The van der Waals surface area contributed by atoms with Crippen molar-refractivity contribution in [3.63, 3.8) is 0 Å². The van der Waals surface area contributed by atoms with Crippen molar-refractivity contribution in [1.29, 1.82) is 0 Å². The number of benzene rings is 2. The Kier molecular flexibility index (Phi) is 3.63. The van der Waals surface area contributed by atoms with Crippen molar-refractivity contribution in [2.75, 3.05) is 10.8 Å². The maximum atomic E-state index is 4.37. The van der Waals surface area contributed by atoms with Crippen LogP contribution in [0.15, 0.2) is 64.2 Å². The zero-order chi connectivity index (χ0) is 14.9. The van der Waals surface area contributed by atoms with Gasteiger partial charge in [0, 0.05) is 15.7 Å². The Balaban J connectivity index is 1.68. The van der Waals surface area contributed by atoms with Crippen LogP contribution in [-0.2, 0) is 6.67 Å². The van der Waals surface area contributed by atoms with Gasteiger partial charge >= 0.3 is 0 Å². The Morgan fingerprint density at radius 1 is 0.955 bits per heavy atom. The average molecular weight is 373 g/mol. The topological polar surface area (TPSA) is 34.0 Å². The number of thioether (sulfide) groups is 1. The number of rotatable bonds is 2. The van der Waals surface area contributed by atoms with Gasteiger partial charge in [-0.15, -0.1) is 10.2 Å². The van der Waals surface area contributed by atoms with E-state index in [2.05, 4.69) is 72.0 Å². The van der Waals surface area contributed by atoms with E-state index < -0.39 is 0 Å². The Hall–Kier alpha value is -1.79. The largest absolute Gasteiger partial charge is 0.344 e. The minimum Gasteiger partial charge on any atom is -0.344 e. The third-order valence-electron chi connectivity index (χ3n) is 3.60. The molecule has 6 heteroatoms. The van der Waals surface area contributed by atoms with Gasteiger partial charge in [0.05, 0.1) is 12.5 Å². The second-order valence-electron chi connectivity index (χ2n) is 5.03. The molecule has 0 unspecified atom stereocenters. The molecule has 4 rings (SSSR count). The van der Waals surface area contributed by atoms with Crippen LogP contribution in [0.3, 0.4) is 0 Å². The van der Waals surface area contributed by atoms with Crippen molar-refractivity contribution < 1.29 is 0 Å². The molecule has 0 amide bonds. The molecule has 1 aliphatic heterocycles. The maximum absolute atomic E-state index is 4.37. The van der Waals surface area contributed by atoms with Gasteiger partial charge in [0.25, 0.3) is 0 Å². The summed E-state index contributed by atoms with van der Waals surface area (Å²) in [7, 11) is 0. The SMILES string of the molecule is Brc1ccc(N2CSc3nnc(-c4ccccc4)n3C2)cc1. The van der Waals surface area contributed by atoms with E-state index in [1.54, 1.807) is 11.8 Å². The number of nitrogens with zero attached hydrogens (tertiary/aromatic N) is 4. The molecular formula is C16H13BrN4S. The van der Waals surface area contributed by atoms with Gasteiger partial charge in [-0.25, -0.2) is 0 Å². The molecule has 0 saturated heterocycles.